The number of amides is 4. The van der Waals surface area contributed by atoms with Crippen LogP contribution in [0.3, 0.4) is 0 Å². The van der Waals surface area contributed by atoms with Crippen LogP contribution in [0.2, 0.25) is 0 Å². The van der Waals surface area contributed by atoms with E-state index in [0.29, 0.717) is 34.4 Å². The molecule has 2 heterocycles. The van der Waals surface area contributed by atoms with Crippen LogP contribution in [0.4, 0.5) is 11.4 Å². The number of fused-ring (bicyclic) bond motifs is 10. The van der Waals surface area contributed by atoms with Gasteiger partial charge < -0.3 is 9.47 Å². The lowest BCUT2D eigenvalue weighted by Crippen LogP contribution is -2.32. The maximum absolute atomic E-state index is 13.0. The third kappa shape index (κ3) is 5.29. The van der Waals surface area contributed by atoms with E-state index >= 15 is 0 Å². The van der Waals surface area contributed by atoms with Gasteiger partial charge in [-0.3, -0.25) is 38.6 Å². The minimum absolute atomic E-state index is 0.146. The molecular weight excluding hydrogens is 653 g/mol. The number of ether oxygens (including phenoxy) is 2. The van der Waals surface area contributed by atoms with Crippen molar-refractivity contribution in [3.05, 3.63) is 72.8 Å². The van der Waals surface area contributed by atoms with Gasteiger partial charge in [-0.2, -0.15) is 0 Å². The number of carbonyl (C=O) groups excluding carboxylic acids is 6. The molecule has 48 heavy (non-hydrogen) atoms. The first-order chi connectivity index (χ1) is 23.3. The summed E-state index contributed by atoms with van der Waals surface area (Å²) in [7, 11) is 2.90. The predicted molar refractivity (Wildman–Crippen MR) is 179 cm³/mol. The molecule has 0 spiro atoms. The average Bonchev–Trinajstić information content (AvgIpc) is 3.93. The van der Waals surface area contributed by atoms with Crippen LogP contribution in [0, 0.1) is 47.3 Å². The second kappa shape index (κ2) is 12.4. The summed E-state index contributed by atoms with van der Waals surface area (Å²) >= 11 is 0. The Morgan fingerprint density at radius 1 is 0.542 bits per heavy atom. The van der Waals surface area contributed by atoms with Crippen LogP contribution in [-0.2, 0) is 28.8 Å². The molecule has 2 aromatic carbocycles. The number of nitrogens with zero attached hydrogens (tertiary/aromatic N) is 2. The summed E-state index contributed by atoms with van der Waals surface area (Å²) in [6, 6.07) is 12.9. The molecule has 0 radical (unpaired) electrons. The summed E-state index contributed by atoms with van der Waals surface area (Å²) < 4.78 is 10.8. The van der Waals surface area contributed by atoms with Gasteiger partial charge >= 0.3 is 11.9 Å². The molecule has 4 unspecified atom stereocenters. The molecule has 0 N–H and O–H groups in total. The predicted octanol–water partition coefficient (Wildman–Crippen LogP) is 4.98. The summed E-state index contributed by atoms with van der Waals surface area (Å²) in [4.78, 5) is 79.3. The van der Waals surface area contributed by atoms with Crippen molar-refractivity contribution >= 4 is 68.5 Å². The number of allylic oxidation sites excluding steroid dienone is 4. The number of rotatable bonds is 11. The van der Waals surface area contributed by atoms with Crippen LogP contribution in [-0.4, -0.2) is 47.1 Å². The lowest BCUT2D eigenvalue weighted by Gasteiger charge is -2.17. The van der Waals surface area contributed by atoms with E-state index in [1.807, 2.05) is 0 Å². The average molecular weight is 685 g/mol. The smallest absolute Gasteiger partial charge is 0.312 e. The van der Waals surface area contributed by atoms with E-state index in [1.165, 1.54) is 31.4 Å². The van der Waals surface area contributed by atoms with E-state index in [4.69, 9.17) is 9.47 Å². The van der Waals surface area contributed by atoms with Crippen LogP contribution >= 0.6 is 21.6 Å². The zero-order chi connectivity index (χ0) is 33.1. The molecule has 246 valence electrons. The van der Waals surface area contributed by atoms with Gasteiger partial charge in [0.15, 0.2) is 0 Å². The highest BCUT2D eigenvalue weighted by atomic mass is 33.1. The molecule has 4 aliphatic carbocycles. The molecule has 10 nitrogen and oxygen atoms in total. The SMILES string of the molecule is O=C(CCSSCCC(=O)Oc1ccc(N2C(=O)[C@@H]3C4C=CC(C4)[C@@H]3C2=O)cc1)Oc1ccc(N2C(=O)[C@@H]3C4C=CC(C4)[C@@H]3C2=O)cc1. The van der Waals surface area contributed by atoms with Crippen molar-refractivity contribution in [2.24, 2.45) is 47.3 Å². The number of anilines is 2. The fourth-order valence-electron chi connectivity index (χ4n) is 8.37. The Kier molecular flexibility index (Phi) is 8.03. The number of benzene rings is 2. The third-order valence-electron chi connectivity index (χ3n) is 10.5. The number of hydrogen-bond acceptors (Lipinski definition) is 10. The normalized spacial score (nSPS) is 30.5. The van der Waals surface area contributed by atoms with Crippen LogP contribution in [0.15, 0.2) is 72.8 Å². The Morgan fingerprint density at radius 3 is 1.17 bits per heavy atom. The second-order valence-electron chi connectivity index (χ2n) is 13.1. The van der Waals surface area contributed by atoms with Gasteiger partial charge in [-0.1, -0.05) is 45.9 Å². The Labute approximate surface area is 284 Å². The van der Waals surface area contributed by atoms with Crippen LogP contribution in [0.25, 0.3) is 0 Å². The maximum atomic E-state index is 13.0. The molecule has 4 amide bonds. The number of esters is 2. The fourth-order valence-corrected chi connectivity index (χ4v) is 10.3. The Balaban J connectivity index is 0.728. The van der Waals surface area contributed by atoms with E-state index in [1.54, 1.807) is 48.5 Å². The Bertz CT molecular complexity index is 1580. The maximum Gasteiger partial charge on any atom is 0.312 e. The van der Waals surface area contributed by atoms with E-state index in [9.17, 15) is 28.8 Å². The number of hydrogen-bond donors (Lipinski definition) is 0. The van der Waals surface area contributed by atoms with E-state index < -0.39 is 11.9 Å². The highest BCUT2D eigenvalue weighted by molar-refractivity contribution is 8.76. The standard InChI is InChI=1S/C36H32N2O8S2/c39-27(45-25-9-5-23(6-10-25)37-33(41)29-19-1-2-20(17-19)30(29)34(37)42)13-15-47-48-16-14-28(40)46-26-11-7-24(8-12-26)38-35(43)31-21-3-4-22(18-21)32(31)36(38)44/h1-12,19-22,29-32H,13-18H2/t19?,20?,21?,22?,29-,30+,31-,32+. The van der Waals surface area contributed by atoms with Gasteiger partial charge in [0, 0.05) is 11.5 Å². The molecule has 4 bridgehead atoms. The Morgan fingerprint density at radius 2 is 0.854 bits per heavy atom. The van der Waals surface area contributed by atoms with E-state index in [0.717, 1.165) is 12.8 Å². The molecule has 2 saturated carbocycles. The first kappa shape index (κ1) is 31.1. The highest BCUT2D eigenvalue weighted by Gasteiger charge is 2.60. The number of imide groups is 2. The molecule has 4 fully saturated rings. The molecule has 8 rings (SSSR count). The van der Waals surface area contributed by atoms with Crippen LogP contribution in [0.1, 0.15) is 25.7 Å². The van der Waals surface area contributed by atoms with Crippen molar-refractivity contribution < 1.29 is 38.2 Å². The van der Waals surface area contributed by atoms with Gasteiger partial charge in [0.1, 0.15) is 11.5 Å². The van der Waals surface area contributed by atoms with Crippen molar-refractivity contribution in [1.82, 2.24) is 0 Å². The van der Waals surface area contributed by atoms with Crippen molar-refractivity contribution in [2.45, 2.75) is 25.7 Å². The lowest BCUT2D eigenvalue weighted by molar-refractivity contribution is -0.134. The summed E-state index contributed by atoms with van der Waals surface area (Å²) in [5.41, 5.74) is 0.977. The summed E-state index contributed by atoms with van der Waals surface area (Å²) in [6.45, 7) is 0. The molecule has 12 heteroatoms. The zero-order valence-corrected chi connectivity index (χ0v) is 27.4. The molecule has 8 atom stereocenters. The van der Waals surface area contributed by atoms with E-state index in [2.05, 4.69) is 24.3 Å². The monoisotopic (exact) mass is 684 g/mol. The summed E-state index contributed by atoms with van der Waals surface area (Å²) in [5.74, 6) is -0.240. The second-order valence-corrected chi connectivity index (χ2v) is 15.8. The number of carbonyl (C=O) groups is 6. The molecule has 2 saturated heterocycles. The molecule has 6 aliphatic rings. The first-order valence-corrected chi connectivity index (χ1v) is 18.8. The fraction of sp³-hybridized carbons (Fsp3) is 0.389. The topological polar surface area (TPSA) is 127 Å². The van der Waals surface area contributed by atoms with E-state index in [-0.39, 0.29) is 83.8 Å². The van der Waals surface area contributed by atoms with Crippen molar-refractivity contribution in [1.29, 1.82) is 0 Å². The lowest BCUT2D eigenvalue weighted by atomic mass is 9.85. The van der Waals surface area contributed by atoms with Gasteiger partial charge in [-0.25, -0.2) is 0 Å². The zero-order valence-electron chi connectivity index (χ0n) is 25.8. The minimum Gasteiger partial charge on any atom is -0.427 e. The van der Waals surface area contributed by atoms with Crippen molar-refractivity contribution in [3.8, 4) is 11.5 Å². The van der Waals surface area contributed by atoms with Crippen LogP contribution < -0.4 is 19.3 Å². The van der Waals surface area contributed by atoms with Crippen molar-refractivity contribution in [2.75, 3.05) is 21.3 Å². The molecular formula is C36H32N2O8S2. The summed E-state index contributed by atoms with van der Waals surface area (Å²) in [5, 5.41) is 0. The third-order valence-corrected chi connectivity index (χ3v) is 12.9. The molecule has 0 aromatic heterocycles. The highest BCUT2D eigenvalue weighted by Crippen LogP contribution is 2.54. The molecule has 2 aromatic rings. The van der Waals surface area contributed by atoms with Gasteiger partial charge in [0.05, 0.1) is 47.9 Å². The largest absolute Gasteiger partial charge is 0.427 e. The van der Waals surface area contributed by atoms with Gasteiger partial charge in [0.2, 0.25) is 23.6 Å². The Hall–Kier alpha value is -4.16. The minimum atomic E-state index is -0.409. The van der Waals surface area contributed by atoms with Gasteiger partial charge in [0.25, 0.3) is 0 Å². The summed E-state index contributed by atoms with van der Waals surface area (Å²) in [6.07, 6.45) is 10.3. The quantitative estimate of drug-likeness (QED) is 0.0799. The first-order valence-electron chi connectivity index (χ1n) is 16.3. The van der Waals surface area contributed by atoms with Gasteiger partial charge in [-0.05, 0) is 85.0 Å². The van der Waals surface area contributed by atoms with Crippen molar-refractivity contribution in [3.63, 3.8) is 0 Å². The van der Waals surface area contributed by atoms with Crippen LogP contribution in [0.5, 0.6) is 11.5 Å². The molecule has 2 aliphatic heterocycles. The van der Waals surface area contributed by atoms with Gasteiger partial charge in [-0.15, -0.1) is 0 Å².